The van der Waals surface area contributed by atoms with Crippen molar-refractivity contribution in [3.05, 3.63) is 64.8 Å². The number of hydrogen-bond acceptors (Lipinski definition) is 8. The van der Waals surface area contributed by atoms with Crippen molar-refractivity contribution >= 4 is 50.5 Å². The zero-order valence-corrected chi connectivity index (χ0v) is 23.1. The van der Waals surface area contributed by atoms with Crippen molar-refractivity contribution in [2.24, 2.45) is 0 Å². The Morgan fingerprint density at radius 3 is 2.45 bits per heavy atom. The third-order valence-electron chi connectivity index (χ3n) is 7.68. The third kappa shape index (κ3) is 5.31. The summed E-state index contributed by atoms with van der Waals surface area (Å²) >= 11 is 6.37. The van der Waals surface area contributed by atoms with Crippen LogP contribution >= 0.6 is 11.6 Å². The van der Waals surface area contributed by atoms with Crippen LogP contribution in [-0.4, -0.2) is 60.8 Å². The van der Waals surface area contributed by atoms with Gasteiger partial charge in [0.15, 0.2) is 5.82 Å². The second-order valence-electron chi connectivity index (χ2n) is 10.5. The van der Waals surface area contributed by atoms with Gasteiger partial charge in [-0.1, -0.05) is 23.7 Å². The van der Waals surface area contributed by atoms with Gasteiger partial charge in [-0.3, -0.25) is 4.90 Å². The van der Waals surface area contributed by atoms with Crippen LogP contribution in [0.15, 0.2) is 48.7 Å². The second kappa shape index (κ2) is 10.00. The number of nitrogens with one attached hydrogen (secondary N) is 3. The molecule has 2 atom stereocenters. The lowest BCUT2D eigenvalue weighted by Gasteiger charge is -2.34. The fraction of sp³-hybridized carbons (Fsp3) is 0.407. The molecule has 1 saturated carbocycles. The van der Waals surface area contributed by atoms with Gasteiger partial charge in [0, 0.05) is 48.8 Å². The smallest absolute Gasteiger partial charge is 0.229 e. The SMILES string of the molecule is Cc1cc(Nc2ncc(Cl)c(Nc3ccc(CNS(=O)(=O)C4CC4)cc3)n2)ccc1N1CC2CC1CN2C. The number of fused-ring (bicyclic) bond motifs is 2. The number of piperazine rings is 1. The van der Waals surface area contributed by atoms with Gasteiger partial charge in [0.2, 0.25) is 16.0 Å². The largest absolute Gasteiger partial charge is 0.365 e. The molecule has 1 aromatic heterocycles. The molecular weight excluding hydrogens is 522 g/mol. The second-order valence-corrected chi connectivity index (χ2v) is 13.0. The van der Waals surface area contributed by atoms with E-state index in [0.717, 1.165) is 42.9 Å². The molecule has 2 saturated heterocycles. The number of likely N-dealkylation sites (tertiary alicyclic amines) is 1. The minimum Gasteiger partial charge on any atom is -0.365 e. The van der Waals surface area contributed by atoms with Crippen molar-refractivity contribution in [2.45, 2.75) is 50.1 Å². The van der Waals surface area contributed by atoms with Crippen LogP contribution in [0.25, 0.3) is 0 Å². The first-order chi connectivity index (χ1) is 18.2. The molecule has 3 fully saturated rings. The Morgan fingerprint density at radius 2 is 1.79 bits per heavy atom. The van der Waals surface area contributed by atoms with Gasteiger partial charge in [-0.15, -0.1) is 0 Å². The van der Waals surface area contributed by atoms with Gasteiger partial charge in [-0.25, -0.2) is 18.1 Å². The van der Waals surface area contributed by atoms with E-state index in [1.807, 2.05) is 24.3 Å². The molecule has 3 heterocycles. The monoisotopic (exact) mass is 553 g/mol. The number of rotatable bonds is 9. The standard InChI is InChI=1S/C27H32ClN7O2S/c1-17-11-20(7-10-25(17)35-16-21-12-22(35)15-34(21)2)32-27-29-14-24(28)26(33-27)31-19-5-3-18(4-6-19)13-30-38(36,37)23-8-9-23/h3-7,10-11,14,21-23,30H,8-9,12-13,15-16H2,1-2H3,(H2,29,31,32,33). The lowest BCUT2D eigenvalue weighted by molar-refractivity contribution is 0.292. The summed E-state index contributed by atoms with van der Waals surface area (Å²) in [5.74, 6) is 0.925. The fourth-order valence-electron chi connectivity index (χ4n) is 5.38. The maximum Gasteiger partial charge on any atom is 0.229 e. The molecule has 38 heavy (non-hydrogen) atoms. The zero-order valence-electron chi connectivity index (χ0n) is 21.5. The van der Waals surface area contributed by atoms with Gasteiger partial charge < -0.3 is 15.5 Å². The number of benzene rings is 2. The number of aryl methyl sites for hydroxylation is 1. The van der Waals surface area contributed by atoms with E-state index < -0.39 is 10.0 Å². The maximum atomic E-state index is 12.0. The Labute approximate surface area is 228 Å². The van der Waals surface area contributed by atoms with Gasteiger partial charge in [-0.2, -0.15) is 4.98 Å². The topological polar surface area (TPSA) is 102 Å². The first kappa shape index (κ1) is 25.4. The molecule has 2 unspecified atom stereocenters. The molecule has 9 nitrogen and oxygen atoms in total. The van der Waals surface area contributed by atoms with Crippen LogP contribution in [0.1, 0.15) is 30.4 Å². The Kier molecular flexibility index (Phi) is 6.67. The van der Waals surface area contributed by atoms with E-state index in [2.05, 4.69) is 67.3 Å². The molecule has 11 heteroatoms. The quantitative estimate of drug-likeness (QED) is 0.358. The predicted molar refractivity (Wildman–Crippen MR) is 152 cm³/mol. The molecule has 0 spiro atoms. The number of nitrogens with zero attached hydrogens (tertiary/aromatic N) is 4. The van der Waals surface area contributed by atoms with Gasteiger partial charge in [-0.05, 0) is 74.7 Å². The van der Waals surface area contributed by atoms with Crippen molar-refractivity contribution in [1.82, 2.24) is 19.6 Å². The predicted octanol–water partition coefficient (Wildman–Crippen LogP) is 4.40. The molecule has 200 valence electrons. The number of hydrogen-bond donors (Lipinski definition) is 3. The van der Waals surface area contributed by atoms with E-state index >= 15 is 0 Å². The normalized spacial score (nSPS) is 21.2. The summed E-state index contributed by atoms with van der Waals surface area (Å²) in [4.78, 5) is 13.9. The Hall–Kier alpha value is -2.92. The van der Waals surface area contributed by atoms with Crippen LogP contribution in [0.2, 0.25) is 5.02 Å². The van der Waals surface area contributed by atoms with Crippen molar-refractivity contribution in [3.8, 4) is 0 Å². The van der Waals surface area contributed by atoms with Gasteiger partial charge in [0.05, 0.1) is 11.4 Å². The summed E-state index contributed by atoms with van der Waals surface area (Å²) in [6.07, 6.45) is 4.30. The third-order valence-corrected chi connectivity index (χ3v) is 9.85. The van der Waals surface area contributed by atoms with Crippen LogP contribution in [0, 0.1) is 6.92 Å². The van der Waals surface area contributed by atoms with Crippen molar-refractivity contribution in [3.63, 3.8) is 0 Å². The fourth-order valence-corrected chi connectivity index (χ4v) is 6.88. The van der Waals surface area contributed by atoms with Crippen LogP contribution < -0.4 is 20.3 Å². The Morgan fingerprint density at radius 1 is 1.03 bits per heavy atom. The zero-order chi connectivity index (χ0) is 26.4. The summed E-state index contributed by atoms with van der Waals surface area (Å²) in [5.41, 5.74) is 5.09. The van der Waals surface area contributed by atoms with Gasteiger partial charge in [0.1, 0.15) is 5.02 Å². The summed E-state index contributed by atoms with van der Waals surface area (Å²) in [7, 11) is -0.988. The molecule has 0 radical (unpaired) electrons. The highest BCUT2D eigenvalue weighted by Gasteiger charge is 2.41. The molecule has 2 aromatic carbocycles. The number of sulfonamides is 1. The first-order valence-electron chi connectivity index (χ1n) is 13.0. The van der Waals surface area contributed by atoms with E-state index in [-0.39, 0.29) is 11.8 Å². The lowest BCUT2D eigenvalue weighted by Crippen LogP contribution is -2.44. The summed E-state index contributed by atoms with van der Waals surface area (Å²) < 4.78 is 26.8. The van der Waals surface area contributed by atoms with Crippen molar-refractivity contribution in [2.75, 3.05) is 35.7 Å². The van der Waals surface area contributed by atoms with Gasteiger partial charge in [0.25, 0.3) is 0 Å². The Balaban J connectivity index is 1.10. The molecule has 6 rings (SSSR count). The minimum atomic E-state index is -3.21. The molecule has 2 bridgehead atoms. The lowest BCUT2D eigenvalue weighted by atomic mass is 10.1. The molecule has 2 aliphatic heterocycles. The average molecular weight is 554 g/mol. The Bertz CT molecular complexity index is 1440. The molecule has 3 aromatic rings. The molecule has 3 aliphatic rings. The number of aromatic nitrogens is 2. The summed E-state index contributed by atoms with van der Waals surface area (Å²) in [6.45, 7) is 4.63. The first-order valence-corrected chi connectivity index (χ1v) is 14.9. The minimum absolute atomic E-state index is 0.226. The molecular formula is C27H32ClN7O2S. The highest BCUT2D eigenvalue weighted by Crippen LogP contribution is 2.36. The molecule has 3 N–H and O–H groups in total. The van der Waals surface area contributed by atoms with Gasteiger partial charge >= 0.3 is 0 Å². The van der Waals surface area contributed by atoms with E-state index in [1.165, 1.54) is 17.7 Å². The number of anilines is 5. The van der Waals surface area contributed by atoms with E-state index in [1.54, 1.807) is 6.20 Å². The van der Waals surface area contributed by atoms with E-state index in [4.69, 9.17) is 11.6 Å². The van der Waals surface area contributed by atoms with Crippen molar-refractivity contribution in [1.29, 1.82) is 0 Å². The summed E-state index contributed by atoms with van der Waals surface area (Å²) in [6, 6.07) is 15.1. The summed E-state index contributed by atoms with van der Waals surface area (Å²) in [5, 5.41) is 6.70. The van der Waals surface area contributed by atoms with Crippen LogP contribution in [0.5, 0.6) is 0 Å². The van der Waals surface area contributed by atoms with Crippen LogP contribution in [-0.2, 0) is 16.6 Å². The van der Waals surface area contributed by atoms with Crippen molar-refractivity contribution < 1.29 is 8.42 Å². The van der Waals surface area contributed by atoms with Crippen LogP contribution in [0.4, 0.5) is 28.8 Å². The highest BCUT2D eigenvalue weighted by atomic mass is 35.5. The maximum absolute atomic E-state index is 12.0. The average Bonchev–Trinajstić information content (AvgIpc) is 3.60. The number of halogens is 1. The molecule has 1 aliphatic carbocycles. The highest BCUT2D eigenvalue weighted by molar-refractivity contribution is 7.90. The van der Waals surface area contributed by atoms with Crippen LogP contribution in [0.3, 0.4) is 0 Å². The van der Waals surface area contributed by atoms with E-state index in [0.29, 0.717) is 28.9 Å². The molecule has 0 amide bonds. The number of likely N-dealkylation sites (N-methyl/N-ethyl adjacent to an activating group) is 1. The van der Waals surface area contributed by atoms with E-state index in [9.17, 15) is 8.42 Å².